The minimum atomic E-state index is -5.02. The first-order valence-corrected chi connectivity index (χ1v) is 13.7. The quantitative estimate of drug-likeness (QED) is 0.239. The Morgan fingerprint density at radius 2 is 1.74 bits per heavy atom. The van der Waals surface area contributed by atoms with E-state index in [0.29, 0.717) is 32.1 Å². The van der Waals surface area contributed by atoms with Gasteiger partial charge in [0.2, 0.25) is 5.88 Å². The van der Waals surface area contributed by atoms with Gasteiger partial charge >= 0.3 is 6.18 Å². The summed E-state index contributed by atoms with van der Waals surface area (Å²) < 4.78 is 97.7. The number of rotatable bonds is 7. The number of nitrogens with zero attached hydrogens (tertiary/aromatic N) is 1. The second-order valence-corrected chi connectivity index (χ2v) is 11.7. The lowest BCUT2D eigenvalue weighted by Gasteiger charge is -2.33. The number of pyridine rings is 1. The Balaban J connectivity index is 1.25. The van der Waals surface area contributed by atoms with Gasteiger partial charge < -0.3 is 19.4 Å². The molecule has 3 aliphatic rings. The second-order valence-electron chi connectivity index (χ2n) is 11.7. The van der Waals surface area contributed by atoms with Gasteiger partial charge in [0.05, 0.1) is 17.3 Å². The lowest BCUT2D eigenvalue weighted by atomic mass is 9.85. The van der Waals surface area contributed by atoms with E-state index in [1.54, 1.807) is 19.2 Å². The number of carbonyl (C=O) groups excluding carboxylic acids is 1. The Hall–Kier alpha value is -3.60. The van der Waals surface area contributed by atoms with Crippen molar-refractivity contribution in [3.05, 3.63) is 76.2 Å². The number of benzene rings is 2. The van der Waals surface area contributed by atoms with E-state index < -0.39 is 64.4 Å². The maximum atomic E-state index is 15.0. The topological polar surface area (TPSA) is 68.7 Å². The fourth-order valence-corrected chi connectivity index (χ4v) is 6.26. The summed E-state index contributed by atoms with van der Waals surface area (Å²) in [6.45, 7) is 1.18. The molecule has 11 heteroatoms. The highest BCUT2D eigenvalue weighted by molar-refractivity contribution is 5.70. The van der Waals surface area contributed by atoms with Crippen LogP contribution in [0.5, 0.6) is 11.6 Å². The molecule has 1 N–H and O–H groups in total. The van der Waals surface area contributed by atoms with Crippen LogP contribution in [-0.2, 0) is 24.0 Å². The summed E-state index contributed by atoms with van der Waals surface area (Å²) in [6.07, 6.45) is -0.913. The molecule has 5 nitrogen and oxygen atoms in total. The molecule has 2 aromatic carbocycles. The fraction of sp³-hybridized carbons (Fsp3) is 0.419. The van der Waals surface area contributed by atoms with E-state index in [1.165, 1.54) is 0 Å². The van der Waals surface area contributed by atoms with Gasteiger partial charge in [-0.1, -0.05) is 0 Å². The molecule has 0 saturated heterocycles. The van der Waals surface area contributed by atoms with Crippen molar-refractivity contribution in [1.82, 2.24) is 4.98 Å². The van der Waals surface area contributed by atoms with Crippen molar-refractivity contribution >= 4 is 6.29 Å². The smallest absolute Gasteiger partial charge is 0.417 e. The molecule has 3 aromatic rings. The van der Waals surface area contributed by atoms with Gasteiger partial charge in [-0.05, 0) is 97.4 Å². The fourth-order valence-electron chi connectivity index (χ4n) is 6.26. The van der Waals surface area contributed by atoms with Crippen LogP contribution in [0.25, 0.3) is 11.1 Å². The summed E-state index contributed by atoms with van der Waals surface area (Å²) in [7, 11) is 0. The van der Waals surface area contributed by atoms with Crippen molar-refractivity contribution in [3.63, 3.8) is 0 Å². The molecular formula is C31H27F6NO4. The number of alkyl halides is 3. The standard InChI is InChI=1S/C31H27F6NO4/c1-30(40)4-2-18(3-5-30)42-29-25(33)8-16(9-26(29)34)19-7-17(24(32)11-23(19)31(35,36)37)14-41-27-10-15-6-20-22(13-39)28(20)21(15)12-38-27/h7-13,18,20,22,28,40H,2-6,14H2,1H3. The van der Waals surface area contributed by atoms with Crippen molar-refractivity contribution in [2.45, 2.75) is 69.4 Å². The second kappa shape index (κ2) is 10.3. The Bertz CT molecular complexity index is 1520. The summed E-state index contributed by atoms with van der Waals surface area (Å²) in [5.74, 6) is -3.80. The Morgan fingerprint density at radius 1 is 1.05 bits per heavy atom. The lowest BCUT2D eigenvalue weighted by molar-refractivity contribution is -0.137. The molecular weight excluding hydrogens is 564 g/mol. The molecule has 0 amide bonds. The first-order valence-electron chi connectivity index (χ1n) is 13.7. The molecule has 0 bridgehead atoms. The van der Waals surface area contributed by atoms with Crippen molar-refractivity contribution in [2.24, 2.45) is 11.8 Å². The number of halogens is 6. The van der Waals surface area contributed by atoms with Crippen LogP contribution in [0.15, 0.2) is 36.5 Å². The number of aromatic nitrogens is 1. The van der Waals surface area contributed by atoms with Crippen LogP contribution in [0.4, 0.5) is 26.3 Å². The highest BCUT2D eigenvalue weighted by Gasteiger charge is 2.55. The molecule has 222 valence electrons. The number of aliphatic hydroxyl groups is 1. The minimum absolute atomic E-state index is 0.00842. The Kier molecular flexibility index (Phi) is 6.99. The molecule has 6 rings (SSSR count). The number of hydrogen-bond donors (Lipinski definition) is 1. The summed E-state index contributed by atoms with van der Waals surface area (Å²) in [5, 5.41) is 10.1. The summed E-state index contributed by atoms with van der Waals surface area (Å²) >= 11 is 0. The van der Waals surface area contributed by atoms with Gasteiger partial charge in [-0.3, -0.25) is 0 Å². The zero-order chi connectivity index (χ0) is 30.0. The highest BCUT2D eigenvalue weighted by Crippen LogP contribution is 2.60. The van der Waals surface area contributed by atoms with Gasteiger partial charge in [-0.25, -0.2) is 18.2 Å². The van der Waals surface area contributed by atoms with E-state index in [4.69, 9.17) is 9.47 Å². The van der Waals surface area contributed by atoms with Gasteiger partial charge in [0.25, 0.3) is 0 Å². The molecule has 1 aromatic heterocycles. The molecule has 2 saturated carbocycles. The SMILES string of the molecule is CC1(O)CCC(Oc2c(F)cc(-c3cc(COc4cc5c(cn4)C4C(C=O)C4C5)c(F)cc3C(F)(F)F)cc2F)CC1. The number of carbonyl (C=O) groups is 1. The molecule has 1 heterocycles. The van der Waals surface area contributed by atoms with E-state index in [1.807, 2.05) is 0 Å². The molecule has 0 aliphatic heterocycles. The van der Waals surface area contributed by atoms with Crippen LogP contribution < -0.4 is 9.47 Å². The van der Waals surface area contributed by atoms with E-state index in [2.05, 4.69) is 4.98 Å². The van der Waals surface area contributed by atoms with Gasteiger partial charge in [-0.2, -0.15) is 13.2 Å². The van der Waals surface area contributed by atoms with Gasteiger partial charge in [0.1, 0.15) is 18.7 Å². The average molecular weight is 592 g/mol. The van der Waals surface area contributed by atoms with Crippen molar-refractivity contribution in [3.8, 4) is 22.8 Å². The van der Waals surface area contributed by atoms with Gasteiger partial charge in [-0.15, -0.1) is 0 Å². The highest BCUT2D eigenvalue weighted by atomic mass is 19.4. The molecule has 2 fully saturated rings. The van der Waals surface area contributed by atoms with Crippen molar-refractivity contribution in [2.75, 3.05) is 0 Å². The molecule has 3 aliphatic carbocycles. The largest absolute Gasteiger partial charge is 0.484 e. The number of hydrogen-bond acceptors (Lipinski definition) is 5. The predicted molar refractivity (Wildman–Crippen MR) is 138 cm³/mol. The van der Waals surface area contributed by atoms with E-state index in [0.717, 1.165) is 35.6 Å². The lowest BCUT2D eigenvalue weighted by Crippen LogP contribution is -2.35. The van der Waals surface area contributed by atoms with E-state index >= 15 is 8.78 Å². The van der Waals surface area contributed by atoms with Crippen LogP contribution in [0.1, 0.15) is 60.8 Å². The van der Waals surface area contributed by atoms with Crippen molar-refractivity contribution in [1.29, 1.82) is 0 Å². The van der Waals surface area contributed by atoms with Gasteiger partial charge in [0.15, 0.2) is 17.4 Å². The molecule has 0 spiro atoms. The Labute approximate surface area is 237 Å². The molecule has 3 unspecified atom stereocenters. The van der Waals surface area contributed by atoms with Crippen LogP contribution >= 0.6 is 0 Å². The third kappa shape index (κ3) is 5.34. The summed E-state index contributed by atoms with van der Waals surface area (Å²) in [6, 6.07) is 4.27. The summed E-state index contributed by atoms with van der Waals surface area (Å²) in [5.41, 5.74) is -1.71. The van der Waals surface area contributed by atoms with Crippen molar-refractivity contribution < 1.29 is 45.7 Å². The maximum Gasteiger partial charge on any atom is 0.417 e. The minimum Gasteiger partial charge on any atom is -0.484 e. The summed E-state index contributed by atoms with van der Waals surface area (Å²) in [4.78, 5) is 15.3. The zero-order valence-corrected chi connectivity index (χ0v) is 22.5. The number of aldehydes is 1. The van der Waals surface area contributed by atoms with E-state index in [-0.39, 0.29) is 35.3 Å². The average Bonchev–Trinajstić information content (AvgIpc) is 3.48. The molecule has 0 radical (unpaired) electrons. The predicted octanol–water partition coefficient (Wildman–Crippen LogP) is 6.92. The molecule has 42 heavy (non-hydrogen) atoms. The number of fused-ring (bicyclic) bond motifs is 3. The first kappa shape index (κ1) is 28.5. The monoisotopic (exact) mass is 591 g/mol. The number of ether oxygens (including phenoxy) is 2. The van der Waals surface area contributed by atoms with Crippen LogP contribution in [0, 0.1) is 29.3 Å². The van der Waals surface area contributed by atoms with Crippen LogP contribution in [0.3, 0.4) is 0 Å². The zero-order valence-electron chi connectivity index (χ0n) is 22.5. The molecule has 3 atom stereocenters. The van der Waals surface area contributed by atoms with Crippen LogP contribution in [-0.4, -0.2) is 28.1 Å². The Morgan fingerprint density at radius 3 is 2.38 bits per heavy atom. The normalized spacial score (nSPS) is 26.4. The van der Waals surface area contributed by atoms with E-state index in [9.17, 15) is 27.5 Å². The third-order valence-corrected chi connectivity index (χ3v) is 8.67. The maximum absolute atomic E-state index is 15.0. The third-order valence-electron chi connectivity index (χ3n) is 8.67. The van der Waals surface area contributed by atoms with Gasteiger partial charge in [0, 0.05) is 23.7 Å². The van der Waals surface area contributed by atoms with Crippen LogP contribution in [0.2, 0.25) is 0 Å². The first-order chi connectivity index (χ1) is 19.8.